The van der Waals surface area contributed by atoms with Crippen molar-refractivity contribution >= 4 is 28.2 Å². The van der Waals surface area contributed by atoms with Crippen molar-refractivity contribution in [3.8, 4) is 11.1 Å². The van der Waals surface area contributed by atoms with Gasteiger partial charge in [-0.05, 0) is 24.1 Å². The van der Waals surface area contributed by atoms with Gasteiger partial charge < -0.3 is 4.98 Å². The van der Waals surface area contributed by atoms with E-state index < -0.39 is 0 Å². The molecular formula is C17H15ClN4. The number of nitrogens with one attached hydrogen (secondary N) is 1. The third-order valence-electron chi connectivity index (χ3n) is 3.91. The van der Waals surface area contributed by atoms with Crippen molar-refractivity contribution in [1.82, 2.24) is 19.6 Å². The summed E-state index contributed by atoms with van der Waals surface area (Å²) in [7, 11) is 0. The third kappa shape index (κ3) is 2.07. The highest BCUT2D eigenvalue weighted by Gasteiger charge is 2.11. The largest absolute Gasteiger partial charge is 0.358 e. The number of rotatable bonds is 2. The Morgan fingerprint density at radius 3 is 2.91 bits per heavy atom. The quantitative estimate of drug-likeness (QED) is 0.585. The van der Waals surface area contributed by atoms with Gasteiger partial charge in [0.25, 0.3) is 0 Å². The van der Waals surface area contributed by atoms with Crippen LogP contribution in [0.15, 0.2) is 42.9 Å². The van der Waals surface area contributed by atoms with E-state index in [2.05, 4.69) is 41.0 Å². The summed E-state index contributed by atoms with van der Waals surface area (Å²) in [6.45, 7) is 4.34. The molecule has 0 unspecified atom stereocenters. The number of aromatic amines is 1. The van der Waals surface area contributed by atoms with Crippen LogP contribution in [-0.4, -0.2) is 19.6 Å². The molecule has 0 spiro atoms. The van der Waals surface area contributed by atoms with Crippen LogP contribution in [0.2, 0.25) is 5.02 Å². The second-order valence-electron chi connectivity index (χ2n) is 5.78. The second-order valence-corrected chi connectivity index (χ2v) is 6.18. The van der Waals surface area contributed by atoms with Gasteiger partial charge in [0.1, 0.15) is 0 Å². The number of hydrogen-bond donors (Lipinski definition) is 1. The van der Waals surface area contributed by atoms with Crippen molar-refractivity contribution in [2.24, 2.45) is 0 Å². The van der Waals surface area contributed by atoms with E-state index in [1.165, 1.54) is 5.69 Å². The third-order valence-corrected chi connectivity index (χ3v) is 4.22. The highest BCUT2D eigenvalue weighted by Crippen LogP contribution is 2.33. The van der Waals surface area contributed by atoms with Crippen LogP contribution >= 0.6 is 11.6 Å². The van der Waals surface area contributed by atoms with Gasteiger partial charge in [-0.25, -0.2) is 9.50 Å². The fourth-order valence-electron chi connectivity index (χ4n) is 2.66. The first-order valence-electron chi connectivity index (χ1n) is 7.24. The predicted molar refractivity (Wildman–Crippen MR) is 89.4 cm³/mol. The Balaban J connectivity index is 1.91. The van der Waals surface area contributed by atoms with Crippen molar-refractivity contribution in [1.29, 1.82) is 0 Å². The minimum atomic E-state index is 0.455. The molecule has 5 heteroatoms. The Morgan fingerprint density at radius 2 is 2.09 bits per heavy atom. The first kappa shape index (κ1) is 13.3. The predicted octanol–water partition coefficient (Wildman–Crippen LogP) is 4.65. The fourth-order valence-corrected chi connectivity index (χ4v) is 2.94. The molecule has 0 atom stereocenters. The monoisotopic (exact) mass is 310 g/mol. The Kier molecular flexibility index (Phi) is 2.94. The molecule has 0 radical (unpaired) electrons. The van der Waals surface area contributed by atoms with Crippen LogP contribution < -0.4 is 0 Å². The number of H-pyrrole nitrogens is 1. The number of hydrogen-bond acceptors (Lipinski definition) is 2. The molecule has 1 aromatic carbocycles. The van der Waals surface area contributed by atoms with Gasteiger partial charge in [-0.3, -0.25) is 0 Å². The maximum Gasteiger partial charge on any atom is 0.154 e. The molecule has 4 nitrogen and oxygen atoms in total. The summed E-state index contributed by atoms with van der Waals surface area (Å²) in [5, 5.41) is 6.08. The maximum atomic E-state index is 6.48. The summed E-state index contributed by atoms with van der Waals surface area (Å²) in [6, 6.07) is 8.11. The topological polar surface area (TPSA) is 46.0 Å². The molecule has 0 saturated carbocycles. The minimum absolute atomic E-state index is 0.455. The van der Waals surface area contributed by atoms with Crippen molar-refractivity contribution < 1.29 is 0 Å². The molecule has 22 heavy (non-hydrogen) atoms. The van der Waals surface area contributed by atoms with E-state index in [0.717, 1.165) is 32.7 Å². The van der Waals surface area contributed by atoms with E-state index >= 15 is 0 Å². The van der Waals surface area contributed by atoms with Crippen LogP contribution in [0.3, 0.4) is 0 Å². The molecule has 0 bridgehead atoms. The SMILES string of the molecule is CC(C)c1cc2cc(Cl)c(-c3cnc4ccnn4c3)cc2[nH]1. The second kappa shape index (κ2) is 4.85. The maximum absolute atomic E-state index is 6.48. The fraction of sp³-hybridized carbons (Fsp3) is 0.176. The molecule has 110 valence electrons. The average molecular weight is 311 g/mol. The molecule has 0 saturated heterocycles. The summed E-state index contributed by atoms with van der Waals surface area (Å²) in [6.07, 6.45) is 5.51. The number of fused-ring (bicyclic) bond motifs is 2. The van der Waals surface area contributed by atoms with E-state index in [-0.39, 0.29) is 0 Å². The molecule has 4 aromatic rings. The Bertz CT molecular complexity index is 981. The van der Waals surface area contributed by atoms with E-state index in [9.17, 15) is 0 Å². The zero-order valence-corrected chi connectivity index (χ0v) is 13.1. The van der Waals surface area contributed by atoms with Crippen LogP contribution in [0.5, 0.6) is 0 Å². The molecule has 3 aromatic heterocycles. The van der Waals surface area contributed by atoms with E-state index in [4.69, 9.17) is 11.6 Å². The number of halogens is 1. The smallest absolute Gasteiger partial charge is 0.154 e. The minimum Gasteiger partial charge on any atom is -0.358 e. The van der Waals surface area contributed by atoms with Crippen LogP contribution in [0, 0.1) is 0 Å². The van der Waals surface area contributed by atoms with Crippen LogP contribution in [0.25, 0.3) is 27.7 Å². The van der Waals surface area contributed by atoms with Gasteiger partial charge in [-0.15, -0.1) is 0 Å². The normalized spacial score (nSPS) is 11.8. The van der Waals surface area contributed by atoms with Crippen LogP contribution in [-0.2, 0) is 0 Å². The summed E-state index contributed by atoms with van der Waals surface area (Å²) in [5.74, 6) is 0.455. The molecular weight excluding hydrogens is 296 g/mol. The molecule has 1 N–H and O–H groups in total. The van der Waals surface area contributed by atoms with E-state index in [1.807, 2.05) is 24.5 Å². The van der Waals surface area contributed by atoms with Gasteiger partial charge in [0.15, 0.2) is 5.65 Å². The van der Waals surface area contributed by atoms with Crippen LogP contribution in [0.4, 0.5) is 0 Å². The first-order valence-corrected chi connectivity index (χ1v) is 7.61. The van der Waals surface area contributed by atoms with Crippen molar-refractivity contribution in [2.45, 2.75) is 19.8 Å². The lowest BCUT2D eigenvalue weighted by molar-refractivity contribution is 0.836. The number of nitrogens with zero attached hydrogens (tertiary/aromatic N) is 3. The highest BCUT2D eigenvalue weighted by molar-refractivity contribution is 6.34. The Hall–Kier alpha value is -2.33. The summed E-state index contributed by atoms with van der Waals surface area (Å²) < 4.78 is 1.75. The van der Waals surface area contributed by atoms with Gasteiger partial charge >= 0.3 is 0 Å². The van der Waals surface area contributed by atoms with Gasteiger partial charge in [0.2, 0.25) is 0 Å². The first-order chi connectivity index (χ1) is 10.6. The van der Waals surface area contributed by atoms with Gasteiger partial charge in [-0.1, -0.05) is 25.4 Å². The van der Waals surface area contributed by atoms with Crippen molar-refractivity contribution in [3.05, 3.63) is 53.6 Å². The summed E-state index contributed by atoms with van der Waals surface area (Å²) in [5.41, 5.74) is 5.02. The molecule has 0 aliphatic carbocycles. The molecule has 0 aliphatic rings. The zero-order valence-electron chi connectivity index (χ0n) is 12.3. The van der Waals surface area contributed by atoms with Crippen molar-refractivity contribution in [2.75, 3.05) is 0 Å². The Labute approximate surface area is 132 Å². The summed E-state index contributed by atoms with van der Waals surface area (Å²) in [4.78, 5) is 7.87. The molecule has 0 amide bonds. The van der Waals surface area contributed by atoms with Gasteiger partial charge in [-0.2, -0.15) is 5.10 Å². The lowest BCUT2D eigenvalue weighted by Crippen LogP contribution is -1.91. The number of aromatic nitrogens is 4. The summed E-state index contributed by atoms with van der Waals surface area (Å²) >= 11 is 6.48. The Morgan fingerprint density at radius 1 is 1.23 bits per heavy atom. The molecule has 0 aliphatic heterocycles. The molecule has 4 rings (SSSR count). The molecule has 3 heterocycles. The van der Waals surface area contributed by atoms with Crippen molar-refractivity contribution in [3.63, 3.8) is 0 Å². The van der Waals surface area contributed by atoms with E-state index in [0.29, 0.717) is 5.92 Å². The molecule has 0 fully saturated rings. The average Bonchev–Trinajstić information content (AvgIpc) is 3.11. The lowest BCUT2D eigenvalue weighted by atomic mass is 10.1. The van der Waals surface area contributed by atoms with Gasteiger partial charge in [0, 0.05) is 51.2 Å². The zero-order chi connectivity index (χ0) is 15.3. The van der Waals surface area contributed by atoms with Crippen LogP contribution in [0.1, 0.15) is 25.5 Å². The van der Waals surface area contributed by atoms with Gasteiger partial charge in [0.05, 0.1) is 6.20 Å². The number of benzene rings is 1. The standard InChI is InChI=1S/C17H15ClN4/c1-10(2)15-6-11-5-14(18)13(7-16(11)21-15)12-8-19-17-3-4-20-22(17)9-12/h3-10,21H,1-2H3. The van der Waals surface area contributed by atoms with E-state index in [1.54, 1.807) is 10.7 Å². The lowest BCUT2D eigenvalue weighted by Gasteiger charge is -2.05. The highest BCUT2D eigenvalue weighted by atomic mass is 35.5.